The zero-order valence-electron chi connectivity index (χ0n) is 11.7. The molecule has 0 saturated heterocycles. The molecule has 0 spiro atoms. The SMILES string of the molecule is CCN(C)C(=O)Nc1ccc(C#CCCO)c(C)c1. The summed E-state index contributed by atoms with van der Waals surface area (Å²) in [6, 6.07) is 5.48. The fraction of sp³-hybridized carbons (Fsp3) is 0.400. The predicted octanol–water partition coefficient (Wildman–Crippen LogP) is 2.21. The zero-order valence-corrected chi connectivity index (χ0v) is 11.7. The molecule has 4 heteroatoms. The number of aliphatic hydroxyl groups excluding tert-OH is 1. The smallest absolute Gasteiger partial charge is 0.321 e. The van der Waals surface area contributed by atoms with Crippen LogP contribution in [0.15, 0.2) is 18.2 Å². The summed E-state index contributed by atoms with van der Waals surface area (Å²) >= 11 is 0. The molecular formula is C15H20N2O2. The van der Waals surface area contributed by atoms with E-state index >= 15 is 0 Å². The lowest BCUT2D eigenvalue weighted by molar-refractivity contribution is 0.224. The second-order valence-electron chi connectivity index (χ2n) is 4.25. The van der Waals surface area contributed by atoms with Gasteiger partial charge in [-0.2, -0.15) is 0 Å². The monoisotopic (exact) mass is 260 g/mol. The highest BCUT2D eigenvalue weighted by Crippen LogP contribution is 2.14. The average molecular weight is 260 g/mol. The van der Waals surface area contributed by atoms with Crippen molar-refractivity contribution in [3.63, 3.8) is 0 Å². The maximum Gasteiger partial charge on any atom is 0.321 e. The van der Waals surface area contributed by atoms with Crippen molar-refractivity contribution >= 4 is 11.7 Å². The van der Waals surface area contributed by atoms with Crippen LogP contribution in [0.3, 0.4) is 0 Å². The molecule has 2 amide bonds. The minimum atomic E-state index is -0.124. The van der Waals surface area contributed by atoms with Gasteiger partial charge in [-0.3, -0.25) is 0 Å². The van der Waals surface area contributed by atoms with Gasteiger partial charge in [-0.25, -0.2) is 4.79 Å². The molecule has 102 valence electrons. The van der Waals surface area contributed by atoms with Crippen molar-refractivity contribution in [1.29, 1.82) is 0 Å². The third kappa shape index (κ3) is 4.65. The number of aryl methyl sites for hydroxylation is 1. The Morgan fingerprint density at radius 1 is 1.47 bits per heavy atom. The third-order valence-electron chi connectivity index (χ3n) is 2.76. The Labute approximate surface area is 114 Å². The van der Waals surface area contributed by atoms with Crippen LogP contribution in [-0.2, 0) is 0 Å². The molecule has 0 aliphatic carbocycles. The number of nitrogens with one attached hydrogen (secondary N) is 1. The van der Waals surface area contributed by atoms with Crippen molar-refractivity contribution < 1.29 is 9.90 Å². The number of nitrogens with zero attached hydrogens (tertiary/aromatic N) is 1. The Morgan fingerprint density at radius 2 is 2.21 bits per heavy atom. The minimum absolute atomic E-state index is 0.0730. The Kier molecular flexibility index (Phi) is 5.91. The molecule has 0 aliphatic heterocycles. The van der Waals surface area contributed by atoms with E-state index in [4.69, 9.17) is 5.11 Å². The Hall–Kier alpha value is -1.99. The topological polar surface area (TPSA) is 52.6 Å². The summed E-state index contributed by atoms with van der Waals surface area (Å²) in [6.45, 7) is 4.60. The molecule has 4 nitrogen and oxygen atoms in total. The summed E-state index contributed by atoms with van der Waals surface area (Å²) < 4.78 is 0. The van der Waals surface area contributed by atoms with Crippen LogP contribution >= 0.6 is 0 Å². The van der Waals surface area contributed by atoms with Crippen molar-refractivity contribution in [3.8, 4) is 11.8 Å². The summed E-state index contributed by atoms with van der Waals surface area (Å²) in [5.74, 6) is 5.88. The van der Waals surface area contributed by atoms with Gasteiger partial charge >= 0.3 is 6.03 Å². The molecule has 0 aliphatic rings. The first kappa shape index (κ1) is 15.1. The summed E-state index contributed by atoms with van der Waals surface area (Å²) in [7, 11) is 1.75. The second-order valence-corrected chi connectivity index (χ2v) is 4.25. The first-order valence-corrected chi connectivity index (χ1v) is 6.31. The van der Waals surface area contributed by atoms with E-state index in [1.165, 1.54) is 0 Å². The number of rotatable bonds is 3. The Morgan fingerprint density at radius 3 is 2.79 bits per heavy atom. The van der Waals surface area contributed by atoms with Gasteiger partial charge in [0.2, 0.25) is 0 Å². The van der Waals surface area contributed by atoms with Gasteiger partial charge in [-0.15, -0.1) is 0 Å². The number of aliphatic hydroxyl groups is 1. The van der Waals surface area contributed by atoms with Gasteiger partial charge in [-0.05, 0) is 37.6 Å². The number of carbonyl (C=O) groups excluding carboxylic acids is 1. The number of amides is 2. The standard InChI is InChI=1S/C15H20N2O2/c1-4-17(3)15(19)16-14-9-8-13(12(2)11-14)7-5-6-10-18/h8-9,11,18H,4,6,10H2,1-3H3,(H,16,19). The van der Waals surface area contributed by atoms with Crippen LogP contribution in [0.2, 0.25) is 0 Å². The van der Waals surface area contributed by atoms with Crippen LogP contribution in [0, 0.1) is 18.8 Å². The van der Waals surface area contributed by atoms with Gasteiger partial charge in [0, 0.05) is 31.3 Å². The molecule has 2 N–H and O–H groups in total. The number of anilines is 1. The van der Waals surface area contributed by atoms with Crippen LogP contribution in [0.25, 0.3) is 0 Å². The molecule has 0 saturated carbocycles. The average Bonchev–Trinajstić information content (AvgIpc) is 2.40. The molecule has 0 atom stereocenters. The maximum atomic E-state index is 11.7. The van der Waals surface area contributed by atoms with Gasteiger partial charge in [0.25, 0.3) is 0 Å². The van der Waals surface area contributed by atoms with E-state index in [-0.39, 0.29) is 12.6 Å². The maximum absolute atomic E-state index is 11.7. The van der Waals surface area contributed by atoms with Crippen molar-refractivity contribution in [2.45, 2.75) is 20.3 Å². The van der Waals surface area contributed by atoms with E-state index < -0.39 is 0 Å². The zero-order chi connectivity index (χ0) is 14.3. The Bertz CT molecular complexity index is 501. The molecular weight excluding hydrogens is 240 g/mol. The largest absolute Gasteiger partial charge is 0.395 e. The van der Waals surface area contributed by atoms with E-state index in [1.54, 1.807) is 11.9 Å². The summed E-state index contributed by atoms with van der Waals surface area (Å²) in [6.07, 6.45) is 0.471. The van der Waals surface area contributed by atoms with Crippen molar-refractivity contribution in [2.24, 2.45) is 0 Å². The van der Waals surface area contributed by atoms with Crippen molar-refractivity contribution in [2.75, 3.05) is 25.5 Å². The molecule has 0 heterocycles. The first-order valence-electron chi connectivity index (χ1n) is 6.31. The van der Waals surface area contributed by atoms with Crippen LogP contribution in [0.5, 0.6) is 0 Å². The van der Waals surface area contributed by atoms with E-state index in [0.717, 1.165) is 16.8 Å². The van der Waals surface area contributed by atoms with Crippen molar-refractivity contribution in [1.82, 2.24) is 4.90 Å². The lowest BCUT2D eigenvalue weighted by Gasteiger charge is -2.15. The molecule has 19 heavy (non-hydrogen) atoms. The van der Waals surface area contributed by atoms with Gasteiger partial charge in [0.05, 0.1) is 6.61 Å². The van der Waals surface area contributed by atoms with E-state index in [9.17, 15) is 4.79 Å². The quantitative estimate of drug-likeness (QED) is 0.819. The molecule has 0 fully saturated rings. The summed E-state index contributed by atoms with van der Waals surface area (Å²) in [5.41, 5.74) is 2.67. The van der Waals surface area contributed by atoms with Gasteiger partial charge in [0.15, 0.2) is 0 Å². The number of urea groups is 1. The highest BCUT2D eigenvalue weighted by Gasteiger charge is 2.06. The molecule has 1 rings (SSSR count). The lowest BCUT2D eigenvalue weighted by atomic mass is 10.1. The number of benzene rings is 1. The van der Waals surface area contributed by atoms with E-state index in [1.807, 2.05) is 32.0 Å². The summed E-state index contributed by atoms with van der Waals surface area (Å²) in [5, 5.41) is 11.5. The highest BCUT2D eigenvalue weighted by atomic mass is 16.2. The first-order chi connectivity index (χ1) is 9.08. The van der Waals surface area contributed by atoms with Crippen LogP contribution < -0.4 is 5.32 Å². The van der Waals surface area contributed by atoms with Gasteiger partial charge in [-0.1, -0.05) is 11.8 Å². The van der Waals surface area contributed by atoms with E-state index in [0.29, 0.717) is 13.0 Å². The van der Waals surface area contributed by atoms with Crippen molar-refractivity contribution in [3.05, 3.63) is 29.3 Å². The molecule has 0 bridgehead atoms. The third-order valence-corrected chi connectivity index (χ3v) is 2.76. The fourth-order valence-electron chi connectivity index (χ4n) is 1.46. The summed E-state index contributed by atoms with van der Waals surface area (Å²) in [4.78, 5) is 13.3. The fourth-order valence-corrected chi connectivity index (χ4v) is 1.46. The molecule has 0 unspecified atom stereocenters. The van der Waals surface area contributed by atoms with E-state index in [2.05, 4.69) is 17.2 Å². The predicted molar refractivity (Wildman–Crippen MR) is 77.1 cm³/mol. The van der Waals surface area contributed by atoms with Crippen LogP contribution in [0.4, 0.5) is 10.5 Å². The van der Waals surface area contributed by atoms with Crippen LogP contribution in [0.1, 0.15) is 24.5 Å². The lowest BCUT2D eigenvalue weighted by Crippen LogP contribution is -2.30. The molecule has 0 aromatic heterocycles. The number of hydrogen-bond acceptors (Lipinski definition) is 2. The van der Waals surface area contributed by atoms with Gasteiger partial charge < -0.3 is 15.3 Å². The second kappa shape index (κ2) is 7.45. The molecule has 1 aromatic rings. The Balaban J connectivity index is 2.78. The number of carbonyl (C=O) groups is 1. The minimum Gasteiger partial charge on any atom is -0.395 e. The normalized spacial score (nSPS) is 9.47. The molecule has 0 radical (unpaired) electrons. The van der Waals surface area contributed by atoms with Gasteiger partial charge in [0.1, 0.15) is 0 Å². The number of hydrogen-bond donors (Lipinski definition) is 2. The van der Waals surface area contributed by atoms with Crippen LogP contribution in [-0.4, -0.2) is 36.2 Å². The molecule has 1 aromatic carbocycles. The highest BCUT2D eigenvalue weighted by molar-refractivity contribution is 5.89.